The molecule has 1 aliphatic heterocycles. The van der Waals surface area contributed by atoms with Crippen LogP contribution in [0.1, 0.15) is 20.3 Å². The molecule has 0 radical (unpaired) electrons. The predicted molar refractivity (Wildman–Crippen MR) is 69.9 cm³/mol. The van der Waals surface area contributed by atoms with Gasteiger partial charge in [-0.15, -0.1) is 0 Å². The first-order valence-electron chi connectivity index (χ1n) is 6.39. The molecule has 3 heteroatoms. The molecule has 0 saturated carbocycles. The summed E-state index contributed by atoms with van der Waals surface area (Å²) in [6.45, 7) is 7.46. The van der Waals surface area contributed by atoms with Crippen molar-refractivity contribution in [3.8, 4) is 0 Å². The van der Waals surface area contributed by atoms with Crippen LogP contribution in [-0.2, 0) is 0 Å². The lowest BCUT2D eigenvalue weighted by molar-refractivity contribution is 0.410. The Kier molecular flexibility index (Phi) is 4.00. The second-order valence-corrected chi connectivity index (χ2v) is 5.13. The third-order valence-corrected chi connectivity index (χ3v) is 3.35. The second-order valence-electron chi connectivity index (χ2n) is 5.13. The minimum Gasteiger partial charge on any atom is -0.371 e. The normalized spacial score (nSPS) is 26.4. The molecule has 2 unspecified atom stereocenters. The van der Waals surface area contributed by atoms with Gasteiger partial charge in [-0.2, -0.15) is 0 Å². The standard InChI is InChI=1S/C14H21FN2/c1-11-9-16-12(2)6-7-17(10-11)14-5-3-4-13(15)8-14/h3-5,8,11-12,16H,6-7,9-10H2,1-2H3. The zero-order valence-corrected chi connectivity index (χ0v) is 10.6. The Morgan fingerprint density at radius 2 is 2.18 bits per heavy atom. The fourth-order valence-electron chi connectivity index (χ4n) is 2.29. The second kappa shape index (κ2) is 5.50. The molecule has 1 fully saturated rings. The van der Waals surface area contributed by atoms with Gasteiger partial charge in [-0.3, -0.25) is 0 Å². The maximum Gasteiger partial charge on any atom is 0.125 e. The van der Waals surface area contributed by atoms with E-state index in [1.165, 1.54) is 6.07 Å². The van der Waals surface area contributed by atoms with Crippen molar-refractivity contribution in [3.63, 3.8) is 0 Å². The fourth-order valence-corrected chi connectivity index (χ4v) is 2.29. The Bertz CT molecular complexity index is 367. The molecule has 0 amide bonds. The van der Waals surface area contributed by atoms with Gasteiger partial charge in [0, 0.05) is 24.8 Å². The summed E-state index contributed by atoms with van der Waals surface area (Å²) in [7, 11) is 0. The van der Waals surface area contributed by atoms with Crippen LogP contribution in [0.5, 0.6) is 0 Å². The molecule has 17 heavy (non-hydrogen) atoms. The van der Waals surface area contributed by atoms with Gasteiger partial charge in [-0.25, -0.2) is 4.39 Å². The summed E-state index contributed by atoms with van der Waals surface area (Å²) in [4.78, 5) is 2.30. The van der Waals surface area contributed by atoms with Crippen LogP contribution in [0, 0.1) is 11.7 Å². The highest BCUT2D eigenvalue weighted by Crippen LogP contribution is 2.19. The number of nitrogens with one attached hydrogen (secondary N) is 1. The summed E-state index contributed by atoms with van der Waals surface area (Å²) in [6.07, 6.45) is 1.10. The van der Waals surface area contributed by atoms with Gasteiger partial charge in [-0.05, 0) is 44.0 Å². The first-order valence-corrected chi connectivity index (χ1v) is 6.39. The van der Waals surface area contributed by atoms with Gasteiger partial charge >= 0.3 is 0 Å². The molecule has 1 N–H and O–H groups in total. The van der Waals surface area contributed by atoms with Crippen LogP contribution in [0.25, 0.3) is 0 Å². The average Bonchev–Trinajstić information content (AvgIpc) is 2.29. The van der Waals surface area contributed by atoms with E-state index in [4.69, 9.17) is 0 Å². The number of nitrogens with zero attached hydrogens (tertiary/aromatic N) is 1. The number of rotatable bonds is 1. The Balaban J connectivity index is 2.12. The van der Waals surface area contributed by atoms with Crippen molar-refractivity contribution in [1.29, 1.82) is 0 Å². The molecule has 1 heterocycles. The van der Waals surface area contributed by atoms with Crippen molar-refractivity contribution in [3.05, 3.63) is 30.1 Å². The molecule has 0 aromatic heterocycles. The van der Waals surface area contributed by atoms with Crippen LogP contribution in [0.3, 0.4) is 0 Å². The van der Waals surface area contributed by atoms with Crippen molar-refractivity contribution in [2.75, 3.05) is 24.5 Å². The zero-order valence-electron chi connectivity index (χ0n) is 10.6. The van der Waals surface area contributed by atoms with Crippen LogP contribution in [0.4, 0.5) is 10.1 Å². The summed E-state index contributed by atoms with van der Waals surface area (Å²) >= 11 is 0. The van der Waals surface area contributed by atoms with Crippen LogP contribution >= 0.6 is 0 Å². The molecule has 1 aromatic carbocycles. The lowest BCUT2D eigenvalue weighted by Crippen LogP contribution is -2.42. The Morgan fingerprint density at radius 1 is 1.35 bits per heavy atom. The largest absolute Gasteiger partial charge is 0.371 e. The van der Waals surface area contributed by atoms with E-state index in [0.717, 1.165) is 31.7 Å². The van der Waals surface area contributed by atoms with E-state index in [-0.39, 0.29) is 5.82 Å². The highest BCUT2D eigenvalue weighted by molar-refractivity contribution is 5.46. The number of anilines is 1. The van der Waals surface area contributed by atoms with E-state index >= 15 is 0 Å². The predicted octanol–water partition coefficient (Wildman–Crippen LogP) is 2.65. The highest BCUT2D eigenvalue weighted by atomic mass is 19.1. The van der Waals surface area contributed by atoms with E-state index in [0.29, 0.717) is 12.0 Å². The summed E-state index contributed by atoms with van der Waals surface area (Å²) in [5.74, 6) is 0.435. The molecular weight excluding hydrogens is 215 g/mol. The van der Waals surface area contributed by atoms with Gasteiger partial charge in [0.25, 0.3) is 0 Å². The molecule has 0 aliphatic carbocycles. The fraction of sp³-hybridized carbons (Fsp3) is 0.571. The van der Waals surface area contributed by atoms with Crippen molar-refractivity contribution < 1.29 is 4.39 Å². The Labute approximate surface area is 103 Å². The van der Waals surface area contributed by atoms with Gasteiger partial charge in [0.2, 0.25) is 0 Å². The van der Waals surface area contributed by atoms with Crippen molar-refractivity contribution in [1.82, 2.24) is 5.32 Å². The van der Waals surface area contributed by atoms with Crippen LogP contribution in [0.15, 0.2) is 24.3 Å². The molecule has 0 spiro atoms. The Hall–Kier alpha value is -1.09. The SMILES string of the molecule is CC1CNC(C)CCN(c2cccc(F)c2)C1. The number of benzene rings is 1. The maximum atomic E-state index is 13.2. The molecule has 2 atom stereocenters. The highest BCUT2D eigenvalue weighted by Gasteiger charge is 2.16. The third kappa shape index (κ3) is 3.43. The molecule has 1 aliphatic rings. The average molecular weight is 236 g/mol. The van der Waals surface area contributed by atoms with Crippen LogP contribution < -0.4 is 10.2 Å². The van der Waals surface area contributed by atoms with Gasteiger partial charge < -0.3 is 10.2 Å². The first-order chi connectivity index (χ1) is 8.15. The molecular formula is C14H21FN2. The lowest BCUT2D eigenvalue weighted by Gasteiger charge is -2.32. The first kappa shape index (κ1) is 12.4. The quantitative estimate of drug-likeness (QED) is 0.806. The summed E-state index contributed by atoms with van der Waals surface area (Å²) < 4.78 is 13.2. The molecule has 1 aromatic rings. The van der Waals surface area contributed by atoms with Crippen LogP contribution in [-0.4, -0.2) is 25.7 Å². The summed E-state index contributed by atoms with van der Waals surface area (Å²) in [5, 5.41) is 3.52. The van der Waals surface area contributed by atoms with Gasteiger partial charge in [0.1, 0.15) is 5.82 Å². The molecule has 0 bridgehead atoms. The number of hydrogen-bond acceptors (Lipinski definition) is 2. The van der Waals surface area contributed by atoms with Gasteiger partial charge in [-0.1, -0.05) is 13.0 Å². The monoisotopic (exact) mass is 236 g/mol. The lowest BCUT2D eigenvalue weighted by atomic mass is 10.1. The molecule has 94 valence electrons. The van der Waals surface area contributed by atoms with Gasteiger partial charge in [0.15, 0.2) is 0 Å². The molecule has 1 saturated heterocycles. The summed E-state index contributed by atoms with van der Waals surface area (Å²) in [5.41, 5.74) is 1.01. The smallest absolute Gasteiger partial charge is 0.125 e. The molecule has 2 nitrogen and oxygen atoms in total. The third-order valence-electron chi connectivity index (χ3n) is 3.35. The zero-order chi connectivity index (χ0) is 12.3. The number of halogens is 1. The van der Waals surface area contributed by atoms with E-state index in [9.17, 15) is 4.39 Å². The van der Waals surface area contributed by atoms with Crippen molar-refractivity contribution in [2.45, 2.75) is 26.3 Å². The van der Waals surface area contributed by atoms with E-state index < -0.39 is 0 Å². The van der Waals surface area contributed by atoms with Crippen LogP contribution in [0.2, 0.25) is 0 Å². The Morgan fingerprint density at radius 3 is 2.94 bits per heavy atom. The number of hydrogen-bond donors (Lipinski definition) is 1. The van der Waals surface area contributed by atoms with E-state index in [1.54, 1.807) is 12.1 Å². The maximum absolute atomic E-state index is 13.2. The van der Waals surface area contributed by atoms with E-state index in [1.807, 2.05) is 6.07 Å². The van der Waals surface area contributed by atoms with Crippen molar-refractivity contribution >= 4 is 5.69 Å². The topological polar surface area (TPSA) is 15.3 Å². The minimum absolute atomic E-state index is 0.150. The summed E-state index contributed by atoms with van der Waals surface area (Å²) in [6, 6.07) is 7.45. The van der Waals surface area contributed by atoms with E-state index in [2.05, 4.69) is 24.1 Å². The van der Waals surface area contributed by atoms with Crippen molar-refractivity contribution in [2.24, 2.45) is 5.92 Å². The molecule has 2 rings (SSSR count). The van der Waals surface area contributed by atoms with Gasteiger partial charge in [0.05, 0.1) is 0 Å². The minimum atomic E-state index is -0.150.